The number of hydrogen-bond donors (Lipinski definition) is 2. The number of fused-ring (bicyclic) bond motifs is 1. The summed E-state index contributed by atoms with van der Waals surface area (Å²) in [7, 11) is 0. The number of hydrogen-bond acceptors (Lipinski definition) is 7. The first-order valence-corrected chi connectivity index (χ1v) is 10.8. The van der Waals surface area contributed by atoms with Crippen molar-refractivity contribution in [3.8, 4) is 29.1 Å². The lowest BCUT2D eigenvalue weighted by molar-refractivity contribution is 0.0697. The highest BCUT2D eigenvalue weighted by atomic mass is 16.5. The molecule has 1 unspecified atom stereocenters. The van der Waals surface area contributed by atoms with Gasteiger partial charge in [0.05, 0.1) is 41.3 Å². The van der Waals surface area contributed by atoms with Gasteiger partial charge in [0.15, 0.2) is 17.7 Å². The van der Waals surface area contributed by atoms with E-state index in [9.17, 15) is 15.2 Å². The Labute approximate surface area is 196 Å². The molecule has 0 saturated heterocycles. The summed E-state index contributed by atoms with van der Waals surface area (Å²) >= 11 is 0. The molecule has 2 aromatic carbocycles. The van der Waals surface area contributed by atoms with Crippen LogP contribution in [0.4, 0.5) is 0 Å². The second-order valence-electron chi connectivity index (χ2n) is 7.50. The molecular formula is C25H24N4O5. The molecule has 2 heterocycles. The molecule has 0 fully saturated rings. The van der Waals surface area contributed by atoms with E-state index in [0.29, 0.717) is 58.7 Å². The zero-order valence-electron chi connectivity index (χ0n) is 19.0. The van der Waals surface area contributed by atoms with Gasteiger partial charge >= 0.3 is 5.97 Å². The first-order valence-electron chi connectivity index (χ1n) is 10.8. The fraction of sp³-hybridized carbons (Fsp3) is 0.240. The summed E-state index contributed by atoms with van der Waals surface area (Å²) in [5.74, 6) is 0.513. The van der Waals surface area contributed by atoms with Crippen LogP contribution in [0.1, 0.15) is 41.0 Å². The zero-order valence-corrected chi connectivity index (χ0v) is 19.0. The van der Waals surface area contributed by atoms with Crippen molar-refractivity contribution in [3.05, 3.63) is 70.4 Å². The molecule has 9 heteroatoms. The van der Waals surface area contributed by atoms with Crippen molar-refractivity contribution in [1.29, 1.82) is 5.26 Å². The standard InChI is InChI=1S/C25H24N4O5/c1-4-32-19-11-8-16(12-20(19)33-5-2)22-18(13-26)23(27)34-24-21(22)14(3)28-29(24)17-9-6-15(7-10-17)25(30)31/h6-12,23H,4-5,27H2,1-3H3,(H,30,31). The van der Waals surface area contributed by atoms with Gasteiger partial charge in [0.25, 0.3) is 0 Å². The highest BCUT2D eigenvalue weighted by molar-refractivity contribution is 5.90. The Morgan fingerprint density at radius 1 is 1.18 bits per heavy atom. The second kappa shape index (κ2) is 9.29. The number of benzene rings is 2. The third-order valence-corrected chi connectivity index (χ3v) is 5.37. The van der Waals surface area contributed by atoms with E-state index in [-0.39, 0.29) is 11.1 Å². The van der Waals surface area contributed by atoms with Gasteiger partial charge in [0, 0.05) is 5.57 Å². The second-order valence-corrected chi connectivity index (χ2v) is 7.50. The van der Waals surface area contributed by atoms with E-state index in [0.717, 1.165) is 0 Å². The molecule has 9 nitrogen and oxygen atoms in total. The number of aryl methyl sites for hydroxylation is 1. The minimum Gasteiger partial charge on any atom is -0.490 e. The molecule has 34 heavy (non-hydrogen) atoms. The Hall–Kier alpha value is -4.29. The number of ether oxygens (including phenoxy) is 3. The van der Waals surface area contributed by atoms with Crippen LogP contribution in [0.2, 0.25) is 0 Å². The summed E-state index contributed by atoms with van der Waals surface area (Å²) in [6.07, 6.45) is -1.01. The quantitative estimate of drug-likeness (QED) is 0.546. The summed E-state index contributed by atoms with van der Waals surface area (Å²) in [6, 6.07) is 13.9. The van der Waals surface area contributed by atoms with E-state index in [1.807, 2.05) is 32.9 Å². The Morgan fingerprint density at radius 2 is 1.85 bits per heavy atom. The summed E-state index contributed by atoms with van der Waals surface area (Å²) < 4.78 is 18.9. The number of aromatic nitrogens is 2. The molecule has 3 aromatic rings. The predicted octanol–water partition coefficient (Wildman–Crippen LogP) is 3.68. The molecule has 0 amide bonds. The van der Waals surface area contributed by atoms with Crippen molar-refractivity contribution in [2.45, 2.75) is 27.0 Å². The lowest BCUT2D eigenvalue weighted by atomic mass is 9.91. The van der Waals surface area contributed by atoms with E-state index >= 15 is 0 Å². The third-order valence-electron chi connectivity index (χ3n) is 5.37. The molecule has 1 atom stereocenters. The summed E-state index contributed by atoms with van der Waals surface area (Å²) in [6.45, 7) is 6.53. The van der Waals surface area contributed by atoms with E-state index < -0.39 is 12.2 Å². The first kappa shape index (κ1) is 22.9. The van der Waals surface area contributed by atoms with Gasteiger partial charge in [-0.2, -0.15) is 10.4 Å². The maximum Gasteiger partial charge on any atom is 0.335 e. The molecule has 3 N–H and O–H groups in total. The summed E-state index contributed by atoms with van der Waals surface area (Å²) in [5, 5.41) is 23.7. The van der Waals surface area contributed by atoms with Gasteiger partial charge < -0.3 is 19.3 Å². The van der Waals surface area contributed by atoms with Gasteiger partial charge in [-0.3, -0.25) is 5.73 Å². The van der Waals surface area contributed by atoms with Crippen LogP contribution >= 0.6 is 0 Å². The third kappa shape index (κ3) is 3.95. The van der Waals surface area contributed by atoms with Gasteiger partial charge in [-0.15, -0.1) is 0 Å². The fourth-order valence-electron chi connectivity index (χ4n) is 3.91. The van der Waals surface area contributed by atoms with Gasteiger partial charge in [-0.05, 0) is 62.7 Å². The number of carboxylic acid groups (broad SMARTS) is 1. The smallest absolute Gasteiger partial charge is 0.335 e. The summed E-state index contributed by atoms with van der Waals surface area (Å²) in [5.41, 5.74) is 9.85. The SMILES string of the molecule is CCOc1ccc(C2=C(C#N)C(N)Oc3c2c(C)nn3-c2ccc(C(=O)O)cc2)cc1OCC. The molecule has 174 valence electrons. The van der Waals surface area contributed by atoms with Crippen LogP contribution in [-0.2, 0) is 0 Å². The lowest BCUT2D eigenvalue weighted by Crippen LogP contribution is -2.33. The van der Waals surface area contributed by atoms with E-state index in [1.165, 1.54) is 12.1 Å². The van der Waals surface area contributed by atoms with Crippen LogP contribution in [0.25, 0.3) is 11.3 Å². The average Bonchev–Trinajstić information content (AvgIpc) is 3.15. The normalized spacial score (nSPS) is 14.7. The van der Waals surface area contributed by atoms with Gasteiger partial charge in [-0.25, -0.2) is 9.48 Å². The molecule has 0 saturated carbocycles. The molecule has 0 spiro atoms. The molecule has 1 aliphatic rings. The molecule has 1 aliphatic heterocycles. The fourth-order valence-corrected chi connectivity index (χ4v) is 3.91. The van der Waals surface area contributed by atoms with Crippen LogP contribution in [0, 0.1) is 18.3 Å². The Balaban J connectivity index is 1.90. The zero-order chi connectivity index (χ0) is 24.4. The monoisotopic (exact) mass is 460 g/mol. The number of carbonyl (C=O) groups is 1. The largest absolute Gasteiger partial charge is 0.490 e. The highest BCUT2D eigenvalue weighted by Crippen LogP contribution is 2.43. The van der Waals surface area contributed by atoms with Crippen molar-refractivity contribution in [2.24, 2.45) is 5.73 Å². The first-order chi connectivity index (χ1) is 16.4. The number of aromatic carboxylic acids is 1. The van der Waals surface area contributed by atoms with Crippen LogP contribution in [0.15, 0.2) is 48.0 Å². The molecule has 0 bridgehead atoms. The molecule has 0 aliphatic carbocycles. The maximum atomic E-state index is 11.2. The van der Waals surface area contributed by atoms with Crippen molar-refractivity contribution in [3.63, 3.8) is 0 Å². The number of rotatable bonds is 7. The van der Waals surface area contributed by atoms with Crippen LogP contribution in [0.3, 0.4) is 0 Å². The van der Waals surface area contributed by atoms with E-state index in [4.69, 9.17) is 19.9 Å². The summed E-state index contributed by atoms with van der Waals surface area (Å²) in [4.78, 5) is 11.2. The molecule has 0 radical (unpaired) electrons. The number of carboxylic acids is 1. The van der Waals surface area contributed by atoms with Gasteiger partial charge in [0.1, 0.15) is 6.07 Å². The van der Waals surface area contributed by atoms with Crippen LogP contribution < -0.4 is 19.9 Å². The van der Waals surface area contributed by atoms with Gasteiger partial charge in [0.2, 0.25) is 5.88 Å². The lowest BCUT2D eigenvalue weighted by Gasteiger charge is -2.25. The van der Waals surface area contributed by atoms with Crippen molar-refractivity contribution in [2.75, 3.05) is 13.2 Å². The number of nitrogens with zero attached hydrogens (tertiary/aromatic N) is 3. The minimum atomic E-state index is -1.02. The van der Waals surface area contributed by atoms with Crippen molar-refractivity contribution < 1.29 is 24.1 Å². The Kier molecular flexibility index (Phi) is 6.25. The van der Waals surface area contributed by atoms with Crippen LogP contribution in [-0.4, -0.2) is 40.3 Å². The van der Waals surface area contributed by atoms with E-state index in [2.05, 4.69) is 11.2 Å². The Bertz CT molecular complexity index is 1320. The Morgan fingerprint density at radius 3 is 2.47 bits per heavy atom. The van der Waals surface area contributed by atoms with Gasteiger partial charge in [-0.1, -0.05) is 6.07 Å². The minimum absolute atomic E-state index is 0.157. The molecular weight excluding hydrogens is 436 g/mol. The number of nitriles is 1. The topological polar surface area (TPSA) is 133 Å². The predicted molar refractivity (Wildman–Crippen MR) is 124 cm³/mol. The van der Waals surface area contributed by atoms with E-state index in [1.54, 1.807) is 22.9 Å². The average molecular weight is 460 g/mol. The van der Waals surface area contributed by atoms with Crippen LogP contribution in [0.5, 0.6) is 17.4 Å². The van der Waals surface area contributed by atoms with Crippen molar-refractivity contribution >= 4 is 11.5 Å². The molecule has 1 aromatic heterocycles. The number of nitrogens with two attached hydrogens (primary N) is 1. The highest BCUT2D eigenvalue weighted by Gasteiger charge is 2.33. The molecule has 4 rings (SSSR count). The maximum absolute atomic E-state index is 11.2. The van der Waals surface area contributed by atoms with Crippen molar-refractivity contribution in [1.82, 2.24) is 9.78 Å².